The van der Waals surface area contributed by atoms with E-state index in [-0.39, 0.29) is 23.3 Å². The number of carbonyl (C=O) groups is 2. The Balaban J connectivity index is 2.44. The zero-order valence-electron chi connectivity index (χ0n) is 11.5. The summed E-state index contributed by atoms with van der Waals surface area (Å²) in [6.45, 7) is 5.41. The van der Waals surface area contributed by atoms with Crippen molar-refractivity contribution in [1.29, 1.82) is 0 Å². The summed E-state index contributed by atoms with van der Waals surface area (Å²) >= 11 is 12.8. The highest BCUT2D eigenvalue weighted by Gasteiger charge is 2.16. The normalized spacial score (nSPS) is 11.2. The van der Waals surface area contributed by atoms with Crippen molar-refractivity contribution < 1.29 is 14.3 Å². The van der Waals surface area contributed by atoms with Gasteiger partial charge in [0.1, 0.15) is 5.60 Å². The lowest BCUT2D eigenvalue weighted by Crippen LogP contribution is -2.25. The smallest absolute Gasteiger partial charge is 0.316 e. The number of carbonyl (C=O) groups excluding carboxylic acids is 2. The van der Waals surface area contributed by atoms with Crippen molar-refractivity contribution in [2.75, 3.05) is 11.5 Å². The lowest BCUT2D eigenvalue weighted by Gasteiger charge is -2.19. The molecular formula is C14H16Cl2O3S. The molecule has 110 valence electrons. The molecule has 0 heterocycles. The summed E-state index contributed by atoms with van der Waals surface area (Å²) in [5.74, 6) is -0.0943. The van der Waals surface area contributed by atoms with E-state index in [1.165, 1.54) is 17.8 Å². The van der Waals surface area contributed by atoms with Crippen molar-refractivity contribution in [3.8, 4) is 0 Å². The molecule has 0 radical (unpaired) electrons. The molecule has 0 atom stereocenters. The van der Waals surface area contributed by atoms with Gasteiger partial charge >= 0.3 is 5.97 Å². The Hall–Kier alpha value is -0.710. The maximum Gasteiger partial charge on any atom is 0.316 e. The fraction of sp³-hybridized carbons (Fsp3) is 0.429. The fourth-order valence-electron chi connectivity index (χ4n) is 1.35. The molecule has 0 aliphatic heterocycles. The van der Waals surface area contributed by atoms with E-state index in [0.29, 0.717) is 15.6 Å². The van der Waals surface area contributed by atoms with Crippen LogP contribution in [0.25, 0.3) is 0 Å². The highest BCUT2D eigenvalue weighted by molar-refractivity contribution is 8.00. The van der Waals surface area contributed by atoms with E-state index in [1.807, 2.05) is 0 Å². The largest absolute Gasteiger partial charge is 0.459 e. The highest BCUT2D eigenvalue weighted by atomic mass is 35.5. The molecule has 0 spiro atoms. The average Bonchev–Trinajstić information content (AvgIpc) is 2.30. The number of esters is 1. The lowest BCUT2D eigenvalue weighted by molar-refractivity contribution is -0.151. The van der Waals surface area contributed by atoms with E-state index < -0.39 is 5.60 Å². The number of hydrogen-bond acceptors (Lipinski definition) is 4. The van der Waals surface area contributed by atoms with E-state index in [1.54, 1.807) is 32.9 Å². The molecule has 0 fully saturated rings. The predicted octanol–water partition coefficient (Wildman–Crippen LogP) is 4.25. The van der Waals surface area contributed by atoms with Gasteiger partial charge in [-0.05, 0) is 39.0 Å². The SMILES string of the molecule is CC(C)(C)OC(=O)CSCC(=O)c1ccc(Cl)c(Cl)c1. The van der Waals surface area contributed by atoms with Crippen molar-refractivity contribution in [2.45, 2.75) is 26.4 Å². The Morgan fingerprint density at radius 2 is 1.80 bits per heavy atom. The second-order valence-electron chi connectivity index (χ2n) is 5.13. The number of thioether (sulfide) groups is 1. The number of rotatable bonds is 5. The van der Waals surface area contributed by atoms with Crippen LogP contribution in [0.4, 0.5) is 0 Å². The van der Waals surface area contributed by atoms with Crippen molar-refractivity contribution >= 4 is 46.7 Å². The molecule has 20 heavy (non-hydrogen) atoms. The van der Waals surface area contributed by atoms with Gasteiger partial charge in [0.15, 0.2) is 5.78 Å². The molecular weight excluding hydrogens is 319 g/mol. The monoisotopic (exact) mass is 334 g/mol. The summed E-state index contributed by atoms with van der Waals surface area (Å²) in [7, 11) is 0. The van der Waals surface area contributed by atoms with E-state index in [4.69, 9.17) is 27.9 Å². The zero-order valence-corrected chi connectivity index (χ0v) is 13.9. The zero-order chi connectivity index (χ0) is 15.3. The van der Waals surface area contributed by atoms with Crippen LogP contribution in [0.2, 0.25) is 10.0 Å². The fourth-order valence-corrected chi connectivity index (χ4v) is 2.33. The molecule has 0 unspecified atom stereocenters. The van der Waals surface area contributed by atoms with Gasteiger partial charge in [-0.3, -0.25) is 9.59 Å². The van der Waals surface area contributed by atoms with Crippen molar-refractivity contribution in [3.63, 3.8) is 0 Å². The Kier molecular flexibility index (Phi) is 6.37. The molecule has 0 amide bonds. The maximum absolute atomic E-state index is 11.9. The predicted molar refractivity (Wildman–Crippen MR) is 84.0 cm³/mol. The number of Topliss-reactive ketones (excluding diaryl/α,β-unsaturated/α-hetero) is 1. The second-order valence-corrected chi connectivity index (χ2v) is 6.93. The number of ether oxygens (including phenoxy) is 1. The molecule has 1 aromatic carbocycles. The maximum atomic E-state index is 11.9. The van der Waals surface area contributed by atoms with Crippen molar-refractivity contribution in [2.24, 2.45) is 0 Å². The van der Waals surface area contributed by atoms with Gasteiger partial charge in [0.25, 0.3) is 0 Å². The summed E-state index contributed by atoms with van der Waals surface area (Å²) in [6, 6.07) is 4.72. The Bertz CT molecular complexity index is 510. The summed E-state index contributed by atoms with van der Waals surface area (Å²) in [4.78, 5) is 23.4. The Labute approximate surface area is 133 Å². The molecule has 3 nitrogen and oxygen atoms in total. The molecule has 6 heteroatoms. The lowest BCUT2D eigenvalue weighted by atomic mass is 10.1. The minimum absolute atomic E-state index is 0.0999. The third-order valence-electron chi connectivity index (χ3n) is 2.11. The Morgan fingerprint density at radius 3 is 2.35 bits per heavy atom. The van der Waals surface area contributed by atoms with E-state index in [2.05, 4.69) is 0 Å². The molecule has 0 bridgehead atoms. The third kappa shape index (κ3) is 6.16. The summed E-state index contributed by atoms with van der Waals surface area (Å²) in [6.07, 6.45) is 0. The van der Waals surface area contributed by atoms with Crippen LogP contribution in [0.15, 0.2) is 18.2 Å². The van der Waals surface area contributed by atoms with Crippen LogP contribution < -0.4 is 0 Å². The first-order valence-corrected chi connectivity index (χ1v) is 7.88. The van der Waals surface area contributed by atoms with E-state index in [9.17, 15) is 9.59 Å². The topological polar surface area (TPSA) is 43.4 Å². The van der Waals surface area contributed by atoms with Gasteiger partial charge in [0, 0.05) is 5.56 Å². The molecule has 1 aromatic rings. The number of halogens is 2. The first kappa shape index (κ1) is 17.3. The molecule has 0 aliphatic rings. The molecule has 0 N–H and O–H groups in total. The molecule has 1 rings (SSSR count). The standard InChI is InChI=1S/C14H16Cl2O3S/c1-14(2,3)19-13(18)8-20-7-12(17)9-4-5-10(15)11(16)6-9/h4-6H,7-8H2,1-3H3. The molecule has 0 saturated carbocycles. The van der Waals surface area contributed by atoms with Crippen LogP contribution in [-0.2, 0) is 9.53 Å². The van der Waals surface area contributed by atoms with Crippen LogP contribution in [0.5, 0.6) is 0 Å². The molecule has 0 aliphatic carbocycles. The second kappa shape index (κ2) is 7.34. The van der Waals surface area contributed by atoms with Gasteiger partial charge in [-0.2, -0.15) is 0 Å². The van der Waals surface area contributed by atoms with Crippen LogP contribution in [0.1, 0.15) is 31.1 Å². The van der Waals surface area contributed by atoms with Crippen LogP contribution in [0.3, 0.4) is 0 Å². The van der Waals surface area contributed by atoms with Gasteiger partial charge in [-0.1, -0.05) is 23.2 Å². The summed E-state index contributed by atoms with van der Waals surface area (Å²) in [5, 5.41) is 0.749. The average molecular weight is 335 g/mol. The van der Waals surface area contributed by atoms with E-state index in [0.717, 1.165) is 0 Å². The summed E-state index contributed by atoms with van der Waals surface area (Å²) < 4.78 is 5.15. The van der Waals surface area contributed by atoms with Crippen LogP contribution >= 0.6 is 35.0 Å². The molecule has 0 aromatic heterocycles. The van der Waals surface area contributed by atoms with Crippen molar-refractivity contribution in [1.82, 2.24) is 0 Å². The molecule has 0 saturated heterocycles. The van der Waals surface area contributed by atoms with Gasteiger partial charge < -0.3 is 4.74 Å². The van der Waals surface area contributed by atoms with Gasteiger partial charge in [0.05, 0.1) is 21.6 Å². The first-order chi connectivity index (χ1) is 9.19. The van der Waals surface area contributed by atoms with Crippen LogP contribution in [-0.4, -0.2) is 28.9 Å². The number of ketones is 1. The minimum atomic E-state index is -0.509. The van der Waals surface area contributed by atoms with Crippen molar-refractivity contribution in [3.05, 3.63) is 33.8 Å². The first-order valence-electron chi connectivity index (χ1n) is 5.97. The van der Waals surface area contributed by atoms with Gasteiger partial charge in [-0.15, -0.1) is 11.8 Å². The van der Waals surface area contributed by atoms with Crippen LogP contribution in [0, 0.1) is 0 Å². The third-order valence-corrected chi connectivity index (χ3v) is 3.76. The van der Waals surface area contributed by atoms with Gasteiger partial charge in [-0.25, -0.2) is 0 Å². The van der Waals surface area contributed by atoms with Gasteiger partial charge in [0.2, 0.25) is 0 Å². The Morgan fingerprint density at radius 1 is 1.15 bits per heavy atom. The number of benzene rings is 1. The highest BCUT2D eigenvalue weighted by Crippen LogP contribution is 2.23. The number of hydrogen-bond donors (Lipinski definition) is 0. The summed E-state index contributed by atoms with van der Waals surface area (Å²) in [5.41, 5.74) is -0.0261. The minimum Gasteiger partial charge on any atom is -0.459 e. The van der Waals surface area contributed by atoms with E-state index >= 15 is 0 Å². The quantitative estimate of drug-likeness (QED) is 0.596.